The number of carbonyl (C=O) groups is 2. The molecule has 0 aliphatic heterocycles. The van der Waals surface area contributed by atoms with Crippen molar-refractivity contribution in [3.05, 3.63) is 109 Å². The van der Waals surface area contributed by atoms with Crippen LogP contribution in [0.15, 0.2) is 97.6 Å². The molecule has 2 amide bonds. The van der Waals surface area contributed by atoms with E-state index in [0.29, 0.717) is 29.2 Å². The lowest BCUT2D eigenvalue weighted by Crippen LogP contribution is -2.37. The van der Waals surface area contributed by atoms with Crippen molar-refractivity contribution in [2.75, 3.05) is 11.9 Å². The lowest BCUT2D eigenvalue weighted by Gasteiger charge is -2.19. The highest BCUT2D eigenvalue weighted by Gasteiger charge is 2.23. The van der Waals surface area contributed by atoms with Crippen molar-refractivity contribution in [1.29, 1.82) is 0 Å². The third-order valence-electron chi connectivity index (χ3n) is 4.20. The summed E-state index contributed by atoms with van der Waals surface area (Å²) in [4.78, 5) is 25.7. The van der Waals surface area contributed by atoms with E-state index in [1.165, 1.54) is 0 Å². The molecule has 0 fully saturated rings. The second kappa shape index (κ2) is 9.90. The average Bonchev–Trinajstić information content (AvgIpc) is 2.77. The molecule has 0 heterocycles. The van der Waals surface area contributed by atoms with E-state index >= 15 is 0 Å². The number of benzene rings is 3. The van der Waals surface area contributed by atoms with Gasteiger partial charge >= 0.3 is 0 Å². The van der Waals surface area contributed by atoms with Crippen molar-refractivity contribution in [3.8, 4) is 5.75 Å². The Balaban J connectivity index is 1.76. The van der Waals surface area contributed by atoms with Gasteiger partial charge in [0.25, 0.3) is 11.8 Å². The average molecular weight is 386 g/mol. The molecule has 0 bridgehead atoms. The Bertz CT molecular complexity index is 954. The molecule has 3 aromatic carbocycles. The van der Waals surface area contributed by atoms with Crippen molar-refractivity contribution in [1.82, 2.24) is 5.32 Å². The van der Waals surface area contributed by atoms with Gasteiger partial charge in [0.15, 0.2) is 0 Å². The molecule has 29 heavy (non-hydrogen) atoms. The van der Waals surface area contributed by atoms with E-state index in [2.05, 4.69) is 17.2 Å². The zero-order valence-electron chi connectivity index (χ0n) is 15.9. The molecule has 146 valence electrons. The van der Waals surface area contributed by atoms with E-state index in [1.807, 2.05) is 48.5 Å². The zero-order valence-corrected chi connectivity index (χ0v) is 15.9. The van der Waals surface area contributed by atoms with Gasteiger partial charge in [0.1, 0.15) is 18.4 Å². The quantitative estimate of drug-likeness (QED) is 0.565. The first-order chi connectivity index (χ1) is 14.2. The molecular formula is C24H22N2O3. The first-order valence-electron chi connectivity index (χ1n) is 9.23. The first-order valence-corrected chi connectivity index (χ1v) is 9.23. The van der Waals surface area contributed by atoms with Crippen LogP contribution in [0, 0.1) is 0 Å². The molecule has 1 atom stereocenters. The molecule has 5 heteroatoms. The molecule has 0 saturated heterocycles. The molecule has 0 spiro atoms. The number of para-hydroxylation sites is 1. The van der Waals surface area contributed by atoms with Crippen molar-refractivity contribution >= 4 is 17.5 Å². The van der Waals surface area contributed by atoms with Crippen LogP contribution in [-0.2, 0) is 4.79 Å². The Morgan fingerprint density at radius 2 is 1.52 bits per heavy atom. The molecule has 2 N–H and O–H groups in total. The fourth-order valence-electron chi connectivity index (χ4n) is 2.75. The highest BCUT2D eigenvalue weighted by atomic mass is 16.5. The second-order valence-corrected chi connectivity index (χ2v) is 6.30. The standard InChI is InChI=1S/C24H22N2O3/c1-2-17-29-21-15-13-19(14-16-21)23(27)26-22(18-9-5-3-6-10-18)24(28)25-20-11-7-4-8-12-20/h2-16,22H,1,17H2,(H,25,28)(H,26,27). The normalized spacial score (nSPS) is 11.2. The SMILES string of the molecule is C=CCOc1ccc(C(=O)NC(C(=O)Nc2ccccc2)c2ccccc2)cc1. The summed E-state index contributed by atoms with van der Waals surface area (Å²) in [6.45, 7) is 3.99. The Morgan fingerprint density at radius 1 is 0.897 bits per heavy atom. The Hall–Kier alpha value is -3.86. The van der Waals surface area contributed by atoms with Crippen LogP contribution >= 0.6 is 0 Å². The smallest absolute Gasteiger partial charge is 0.252 e. The minimum absolute atomic E-state index is 0.318. The van der Waals surface area contributed by atoms with Gasteiger partial charge in [0, 0.05) is 11.3 Å². The third-order valence-corrected chi connectivity index (χ3v) is 4.20. The number of carbonyl (C=O) groups excluding carboxylic acids is 2. The van der Waals surface area contributed by atoms with Crippen molar-refractivity contribution in [2.45, 2.75) is 6.04 Å². The summed E-state index contributed by atoms with van der Waals surface area (Å²) < 4.78 is 5.43. The van der Waals surface area contributed by atoms with Crippen LogP contribution in [0.25, 0.3) is 0 Å². The van der Waals surface area contributed by atoms with Gasteiger partial charge in [-0.2, -0.15) is 0 Å². The van der Waals surface area contributed by atoms with Crippen molar-refractivity contribution < 1.29 is 14.3 Å². The van der Waals surface area contributed by atoms with Gasteiger partial charge < -0.3 is 15.4 Å². The Morgan fingerprint density at radius 3 is 2.14 bits per heavy atom. The molecule has 5 nitrogen and oxygen atoms in total. The van der Waals surface area contributed by atoms with Gasteiger partial charge in [-0.25, -0.2) is 0 Å². The van der Waals surface area contributed by atoms with E-state index < -0.39 is 6.04 Å². The number of anilines is 1. The Labute approximate surface area is 170 Å². The van der Waals surface area contributed by atoms with Crippen LogP contribution in [0.2, 0.25) is 0 Å². The Kier molecular flexibility index (Phi) is 6.79. The van der Waals surface area contributed by atoms with E-state index in [9.17, 15) is 9.59 Å². The van der Waals surface area contributed by atoms with Crippen LogP contribution in [0.1, 0.15) is 22.0 Å². The molecule has 3 rings (SSSR count). The van der Waals surface area contributed by atoms with Crippen molar-refractivity contribution in [2.24, 2.45) is 0 Å². The molecule has 3 aromatic rings. The molecule has 0 aromatic heterocycles. The lowest BCUT2D eigenvalue weighted by molar-refractivity contribution is -0.118. The molecular weight excluding hydrogens is 364 g/mol. The fourth-order valence-corrected chi connectivity index (χ4v) is 2.75. The summed E-state index contributed by atoms with van der Waals surface area (Å²) >= 11 is 0. The van der Waals surface area contributed by atoms with Gasteiger partial charge in [-0.05, 0) is 42.0 Å². The first kappa shape index (κ1) is 19.9. The summed E-state index contributed by atoms with van der Waals surface area (Å²) in [5.74, 6) is -0.0260. The van der Waals surface area contributed by atoms with Crippen molar-refractivity contribution in [3.63, 3.8) is 0 Å². The molecule has 0 aliphatic rings. The number of amides is 2. The molecule has 0 aliphatic carbocycles. The monoisotopic (exact) mass is 386 g/mol. The summed E-state index contributed by atoms with van der Waals surface area (Å²) in [5, 5.41) is 5.67. The number of hydrogen-bond acceptors (Lipinski definition) is 3. The number of rotatable bonds is 8. The number of ether oxygens (including phenoxy) is 1. The minimum Gasteiger partial charge on any atom is -0.490 e. The second-order valence-electron chi connectivity index (χ2n) is 6.30. The van der Waals surface area contributed by atoms with Gasteiger partial charge in [-0.15, -0.1) is 0 Å². The van der Waals surface area contributed by atoms with Gasteiger partial charge in [-0.3, -0.25) is 9.59 Å². The predicted molar refractivity (Wildman–Crippen MR) is 114 cm³/mol. The number of nitrogens with one attached hydrogen (secondary N) is 2. The topological polar surface area (TPSA) is 67.4 Å². The summed E-state index contributed by atoms with van der Waals surface area (Å²) in [6.07, 6.45) is 1.65. The molecule has 1 unspecified atom stereocenters. The maximum Gasteiger partial charge on any atom is 0.252 e. The predicted octanol–water partition coefficient (Wildman–Crippen LogP) is 4.36. The maximum absolute atomic E-state index is 12.9. The van der Waals surface area contributed by atoms with Crippen LogP contribution in [0.3, 0.4) is 0 Å². The van der Waals surface area contributed by atoms with Crippen LogP contribution in [0.5, 0.6) is 5.75 Å². The lowest BCUT2D eigenvalue weighted by atomic mass is 10.0. The molecule has 0 saturated carbocycles. The highest BCUT2D eigenvalue weighted by Crippen LogP contribution is 2.18. The highest BCUT2D eigenvalue weighted by molar-refractivity contribution is 6.01. The van der Waals surface area contributed by atoms with Crippen LogP contribution < -0.4 is 15.4 Å². The molecule has 0 radical (unpaired) electrons. The largest absolute Gasteiger partial charge is 0.490 e. The summed E-state index contributed by atoms with van der Waals surface area (Å²) in [5.41, 5.74) is 1.79. The van der Waals surface area contributed by atoms with Crippen LogP contribution in [-0.4, -0.2) is 18.4 Å². The van der Waals surface area contributed by atoms with Gasteiger partial charge in [0.2, 0.25) is 0 Å². The van der Waals surface area contributed by atoms with Gasteiger partial charge in [-0.1, -0.05) is 61.2 Å². The van der Waals surface area contributed by atoms with Gasteiger partial charge in [0.05, 0.1) is 0 Å². The van der Waals surface area contributed by atoms with E-state index in [1.54, 1.807) is 42.5 Å². The van der Waals surface area contributed by atoms with E-state index in [-0.39, 0.29) is 11.8 Å². The minimum atomic E-state index is -0.833. The number of hydrogen-bond donors (Lipinski definition) is 2. The zero-order chi connectivity index (χ0) is 20.5. The fraction of sp³-hybridized carbons (Fsp3) is 0.0833. The maximum atomic E-state index is 12.9. The summed E-state index contributed by atoms with van der Waals surface area (Å²) in [7, 11) is 0. The summed E-state index contributed by atoms with van der Waals surface area (Å²) in [6, 6.07) is 24.2. The van der Waals surface area contributed by atoms with Crippen LogP contribution in [0.4, 0.5) is 5.69 Å². The van der Waals surface area contributed by atoms with E-state index in [4.69, 9.17) is 4.74 Å². The van der Waals surface area contributed by atoms with E-state index in [0.717, 1.165) is 0 Å². The third kappa shape index (κ3) is 5.56.